The van der Waals surface area contributed by atoms with Gasteiger partial charge in [0.1, 0.15) is 16.7 Å². The molecule has 0 radical (unpaired) electrons. The van der Waals surface area contributed by atoms with E-state index < -0.39 is 9.84 Å². The lowest BCUT2D eigenvalue weighted by atomic mass is 10.3. The normalized spacial score (nSPS) is 10.6. The van der Waals surface area contributed by atoms with Crippen molar-refractivity contribution >= 4 is 9.84 Å². The maximum absolute atomic E-state index is 11.3. The summed E-state index contributed by atoms with van der Waals surface area (Å²) >= 11 is 0. The van der Waals surface area contributed by atoms with Gasteiger partial charge in [0.2, 0.25) is 0 Å². The monoisotopic (exact) mass is 212 g/mol. The first-order chi connectivity index (χ1) is 6.50. The van der Waals surface area contributed by atoms with E-state index in [2.05, 4.69) is 4.98 Å². The Balaban J connectivity index is 3.61. The second kappa shape index (κ2) is 3.64. The number of rotatable bonds is 2. The van der Waals surface area contributed by atoms with Crippen LogP contribution in [0.2, 0.25) is 0 Å². The van der Waals surface area contributed by atoms with E-state index in [4.69, 9.17) is 10.00 Å². The molecule has 14 heavy (non-hydrogen) atoms. The summed E-state index contributed by atoms with van der Waals surface area (Å²) < 4.78 is 27.5. The second-order valence-corrected chi connectivity index (χ2v) is 4.53. The van der Waals surface area contributed by atoms with Crippen LogP contribution in [0.15, 0.2) is 17.2 Å². The van der Waals surface area contributed by atoms with Crippen LogP contribution in [0.1, 0.15) is 5.69 Å². The molecule has 0 saturated carbocycles. The van der Waals surface area contributed by atoms with E-state index in [1.807, 2.05) is 0 Å². The SMILES string of the molecule is COc1ccnc(C#N)c1S(C)(=O)=O. The van der Waals surface area contributed by atoms with Crippen LogP contribution >= 0.6 is 0 Å². The first-order valence-electron chi connectivity index (χ1n) is 3.64. The largest absolute Gasteiger partial charge is 0.495 e. The highest BCUT2D eigenvalue weighted by molar-refractivity contribution is 7.90. The Kier molecular flexibility index (Phi) is 2.72. The maximum Gasteiger partial charge on any atom is 0.182 e. The molecule has 0 atom stereocenters. The van der Waals surface area contributed by atoms with Gasteiger partial charge < -0.3 is 4.74 Å². The van der Waals surface area contributed by atoms with Gasteiger partial charge in [-0.3, -0.25) is 0 Å². The lowest BCUT2D eigenvalue weighted by Crippen LogP contribution is -2.05. The number of nitrogens with zero attached hydrogens (tertiary/aromatic N) is 2. The molecule has 74 valence electrons. The lowest BCUT2D eigenvalue weighted by molar-refractivity contribution is 0.401. The zero-order chi connectivity index (χ0) is 10.8. The highest BCUT2D eigenvalue weighted by Crippen LogP contribution is 2.24. The minimum atomic E-state index is -3.50. The van der Waals surface area contributed by atoms with Gasteiger partial charge in [-0.25, -0.2) is 13.4 Å². The number of hydrogen-bond donors (Lipinski definition) is 0. The molecule has 0 bridgehead atoms. The molecule has 0 amide bonds. The number of sulfone groups is 1. The standard InChI is InChI=1S/C8H8N2O3S/c1-13-7-3-4-10-6(5-9)8(7)14(2,11)12/h3-4H,1-2H3. The van der Waals surface area contributed by atoms with Crippen molar-refractivity contribution in [2.45, 2.75) is 4.90 Å². The molecule has 0 aromatic carbocycles. The zero-order valence-electron chi connectivity index (χ0n) is 7.68. The Bertz CT molecular complexity index is 488. The topological polar surface area (TPSA) is 80.0 Å². The van der Waals surface area contributed by atoms with Gasteiger partial charge in [-0.2, -0.15) is 5.26 Å². The molecule has 0 aliphatic rings. The number of ether oxygens (including phenoxy) is 1. The average Bonchev–Trinajstić information content (AvgIpc) is 2.15. The molecule has 6 heteroatoms. The fourth-order valence-electron chi connectivity index (χ4n) is 1.03. The molecule has 0 unspecified atom stereocenters. The fraction of sp³-hybridized carbons (Fsp3) is 0.250. The Morgan fingerprint density at radius 3 is 2.64 bits per heavy atom. The molecule has 5 nitrogen and oxygen atoms in total. The number of methoxy groups -OCH3 is 1. The zero-order valence-corrected chi connectivity index (χ0v) is 8.50. The maximum atomic E-state index is 11.3. The van der Waals surface area contributed by atoms with E-state index in [9.17, 15) is 8.42 Å². The lowest BCUT2D eigenvalue weighted by Gasteiger charge is -2.06. The Hall–Kier alpha value is -1.61. The summed E-state index contributed by atoms with van der Waals surface area (Å²) in [5.41, 5.74) is -0.146. The molecule has 1 aromatic heterocycles. The summed E-state index contributed by atoms with van der Waals surface area (Å²) in [7, 11) is -2.16. The van der Waals surface area contributed by atoms with Crippen molar-refractivity contribution in [1.29, 1.82) is 5.26 Å². The molecule has 1 heterocycles. The van der Waals surface area contributed by atoms with Crippen LogP contribution in [0, 0.1) is 11.3 Å². The van der Waals surface area contributed by atoms with Crippen LogP contribution in [0.4, 0.5) is 0 Å². The van der Waals surface area contributed by atoms with Gasteiger partial charge >= 0.3 is 0 Å². The van der Waals surface area contributed by atoms with E-state index in [-0.39, 0.29) is 16.3 Å². The summed E-state index contributed by atoms with van der Waals surface area (Å²) in [4.78, 5) is 3.49. The molecule has 1 aromatic rings. The van der Waals surface area contributed by atoms with E-state index in [0.29, 0.717) is 0 Å². The molecular weight excluding hydrogens is 204 g/mol. The average molecular weight is 212 g/mol. The van der Waals surface area contributed by atoms with Crippen LogP contribution in [-0.2, 0) is 9.84 Å². The van der Waals surface area contributed by atoms with Gasteiger partial charge in [0.25, 0.3) is 0 Å². The Morgan fingerprint density at radius 1 is 1.57 bits per heavy atom. The van der Waals surface area contributed by atoms with E-state index in [1.54, 1.807) is 6.07 Å². The second-order valence-electron chi connectivity index (χ2n) is 2.57. The van der Waals surface area contributed by atoms with Crippen LogP contribution in [0.5, 0.6) is 5.75 Å². The summed E-state index contributed by atoms with van der Waals surface area (Å²) in [5, 5.41) is 8.67. The van der Waals surface area contributed by atoms with Crippen LogP contribution in [0.3, 0.4) is 0 Å². The molecule has 0 aliphatic heterocycles. The summed E-state index contributed by atoms with van der Waals surface area (Å²) in [6, 6.07) is 3.11. The third kappa shape index (κ3) is 1.83. The van der Waals surface area contributed by atoms with Gasteiger partial charge in [-0.05, 0) is 6.07 Å². The van der Waals surface area contributed by atoms with E-state index in [1.165, 1.54) is 19.4 Å². The summed E-state index contributed by atoms with van der Waals surface area (Å²) in [6.07, 6.45) is 2.33. The number of hydrogen-bond acceptors (Lipinski definition) is 5. The van der Waals surface area contributed by atoms with Crippen molar-refractivity contribution in [3.63, 3.8) is 0 Å². The van der Waals surface area contributed by atoms with Gasteiger partial charge in [-0.1, -0.05) is 0 Å². The minimum absolute atomic E-state index is 0.138. The van der Waals surface area contributed by atoms with Crippen molar-refractivity contribution < 1.29 is 13.2 Å². The molecule has 0 N–H and O–H groups in total. The van der Waals surface area contributed by atoms with Gasteiger partial charge in [-0.15, -0.1) is 0 Å². The van der Waals surface area contributed by atoms with Crippen molar-refractivity contribution in [2.75, 3.05) is 13.4 Å². The van der Waals surface area contributed by atoms with Crippen LogP contribution in [-0.4, -0.2) is 26.8 Å². The highest BCUT2D eigenvalue weighted by Gasteiger charge is 2.19. The van der Waals surface area contributed by atoms with Crippen LogP contribution < -0.4 is 4.74 Å². The van der Waals surface area contributed by atoms with Crippen molar-refractivity contribution in [3.8, 4) is 11.8 Å². The van der Waals surface area contributed by atoms with Crippen LogP contribution in [0.25, 0.3) is 0 Å². The van der Waals surface area contributed by atoms with E-state index >= 15 is 0 Å². The summed E-state index contributed by atoms with van der Waals surface area (Å²) in [5.74, 6) is 0.138. The summed E-state index contributed by atoms with van der Waals surface area (Å²) in [6.45, 7) is 0. The predicted molar refractivity (Wildman–Crippen MR) is 48.6 cm³/mol. The predicted octanol–water partition coefficient (Wildman–Crippen LogP) is 0.365. The fourth-order valence-corrected chi connectivity index (χ4v) is 2.00. The third-order valence-corrected chi connectivity index (χ3v) is 2.70. The van der Waals surface area contributed by atoms with Gasteiger partial charge in [0.05, 0.1) is 7.11 Å². The molecular formula is C8H8N2O3S. The minimum Gasteiger partial charge on any atom is -0.495 e. The molecule has 0 spiro atoms. The third-order valence-electron chi connectivity index (χ3n) is 1.57. The van der Waals surface area contributed by atoms with Crippen molar-refractivity contribution in [1.82, 2.24) is 4.98 Å². The van der Waals surface area contributed by atoms with Crippen molar-refractivity contribution in [3.05, 3.63) is 18.0 Å². The molecule has 1 rings (SSSR count). The Morgan fingerprint density at radius 2 is 2.21 bits per heavy atom. The highest BCUT2D eigenvalue weighted by atomic mass is 32.2. The smallest absolute Gasteiger partial charge is 0.182 e. The van der Waals surface area contributed by atoms with Gasteiger partial charge in [0.15, 0.2) is 15.5 Å². The molecule has 0 saturated heterocycles. The molecule has 0 aliphatic carbocycles. The first-order valence-corrected chi connectivity index (χ1v) is 5.53. The first kappa shape index (κ1) is 10.5. The number of pyridine rings is 1. The molecule has 0 fully saturated rings. The van der Waals surface area contributed by atoms with E-state index in [0.717, 1.165) is 6.26 Å². The quantitative estimate of drug-likeness (QED) is 0.707. The van der Waals surface area contributed by atoms with Gasteiger partial charge in [0, 0.05) is 12.5 Å². The number of nitriles is 1. The Labute approximate surface area is 81.9 Å². The number of aromatic nitrogens is 1. The van der Waals surface area contributed by atoms with Crippen molar-refractivity contribution in [2.24, 2.45) is 0 Å².